The minimum absolute atomic E-state index is 0.0468. The van der Waals surface area contributed by atoms with Gasteiger partial charge in [-0.2, -0.15) is 10.2 Å². The molecule has 8 nitrogen and oxygen atoms in total. The Morgan fingerprint density at radius 1 is 1.33 bits per heavy atom. The van der Waals surface area contributed by atoms with E-state index in [1.165, 1.54) is 13.2 Å². The second-order valence-electron chi connectivity index (χ2n) is 4.59. The van der Waals surface area contributed by atoms with Gasteiger partial charge in [0.1, 0.15) is 0 Å². The van der Waals surface area contributed by atoms with Crippen molar-refractivity contribution >= 4 is 11.9 Å². The summed E-state index contributed by atoms with van der Waals surface area (Å²) in [7, 11) is 1.48. The van der Waals surface area contributed by atoms with Crippen LogP contribution < -0.4 is 5.32 Å². The number of aryl methyl sites for hydroxylation is 2. The number of amides is 1. The molecule has 0 radical (unpaired) electrons. The topological polar surface area (TPSA) is 102 Å². The first-order valence-electron chi connectivity index (χ1n) is 6.50. The van der Waals surface area contributed by atoms with E-state index in [9.17, 15) is 9.59 Å². The van der Waals surface area contributed by atoms with Crippen LogP contribution in [0.25, 0.3) is 0 Å². The zero-order valence-electron chi connectivity index (χ0n) is 12.1. The van der Waals surface area contributed by atoms with E-state index in [1.54, 1.807) is 6.20 Å². The summed E-state index contributed by atoms with van der Waals surface area (Å²) in [6.45, 7) is 4.95. The Morgan fingerprint density at radius 2 is 2.05 bits per heavy atom. The number of nitrogens with one attached hydrogen (secondary N) is 1. The summed E-state index contributed by atoms with van der Waals surface area (Å²) < 4.78 is 2.99. The highest BCUT2D eigenvalue weighted by atomic mass is 16.4. The van der Waals surface area contributed by atoms with Crippen LogP contribution in [0, 0.1) is 6.92 Å². The van der Waals surface area contributed by atoms with E-state index >= 15 is 0 Å². The maximum Gasteiger partial charge on any atom is 0.354 e. The van der Waals surface area contributed by atoms with Crippen molar-refractivity contribution in [1.82, 2.24) is 24.9 Å². The third-order valence-electron chi connectivity index (χ3n) is 3.33. The molecule has 1 amide bonds. The van der Waals surface area contributed by atoms with Crippen LogP contribution in [-0.2, 0) is 20.1 Å². The van der Waals surface area contributed by atoms with E-state index < -0.39 is 11.9 Å². The number of aromatic carboxylic acids is 1. The first-order chi connectivity index (χ1) is 9.95. The lowest BCUT2D eigenvalue weighted by molar-refractivity contribution is 0.0679. The molecule has 0 saturated carbocycles. The van der Waals surface area contributed by atoms with Crippen molar-refractivity contribution in [2.45, 2.75) is 26.9 Å². The maximum absolute atomic E-state index is 12.1. The molecule has 2 aromatic heterocycles. The molecule has 0 bridgehead atoms. The van der Waals surface area contributed by atoms with Gasteiger partial charge in [0.05, 0.1) is 18.0 Å². The van der Waals surface area contributed by atoms with Crippen molar-refractivity contribution in [3.05, 3.63) is 34.9 Å². The van der Waals surface area contributed by atoms with Crippen LogP contribution in [0.4, 0.5) is 0 Å². The number of aromatic nitrogens is 4. The Labute approximate surface area is 121 Å². The van der Waals surface area contributed by atoms with E-state index in [2.05, 4.69) is 15.5 Å². The fourth-order valence-corrected chi connectivity index (χ4v) is 2.11. The monoisotopic (exact) mass is 291 g/mol. The zero-order valence-corrected chi connectivity index (χ0v) is 12.1. The van der Waals surface area contributed by atoms with Crippen LogP contribution in [0.5, 0.6) is 0 Å². The lowest BCUT2D eigenvalue weighted by Gasteiger charge is -2.05. The van der Waals surface area contributed by atoms with Crippen LogP contribution in [-0.4, -0.2) is 36.5 Å². The maximum atomic E-state index is 12.1. The van der Waals surface area contributed by atoms with Crippen LogP contribution in [0.3, 0.4) is 0 Å². The highest BCUT2D eigenvalue weighted by Crippen LogP contribution is 2.10. The van der Waals surface area contributed by atoms with Gasteiger partial charge in [0.15, 0.2) is 5.69 Å². The fourth-order valence-electron chi connectivity index (χ4n) is 2.11. The largest absolute Gasteiger partial charge is 0.477 e. The first-order valence-corrected chi connectivity index (χ1v) is 6.50. The molecule has 0 atom stereocenters. The van der Waals surface area contributed by atoms with Crippen molar-refractivity contribution in [1.29, 1.82) is 0 Å². The number of hydrogen-bond donors (Lipinski definition) is 2. The van der Waals surface area contributed by atoms with E-state index in [4.69, 9.17) is 5.11 Å². The van der Waals surface area contributed by atoms with E-state index in [-0.39, 0.29) is 11.3 Å². The molecule has 0 aliphatic heterocycles. The van der Waals surface area contributed by atoms with Gasteiger partial charge in [0, 0.05) is 31.4 Å². The summed E-state index contributed by atoms with van der Waals surface area (Å²) in [4.78, 5) is 23.2. The predicted octanol–water partition coefficient (Wildman–Crippen LogP) is 0.573. The molecule has 0 aliphatic rings. The summed E-state index contributed by atoms with van der Waals surface area (Å²) in [5.74, 6) is -1.65. The van der Waals surface area contributed by atoms with Gasteiger partial charge in [0.25, 0.3) is 5.91 Å². The molecule has 2 rings (SSSR count). The van der Waals surface area contributed by atoms with Crippen molar-refractivity contribution in [2.75, 3.05) is 0 Å². The quantitative estimate of drug-likeness (QED) is 0.838. The van der Waals surface area contributed by atoms with E-state index in [1.807, 2.05) is 18.5 Å². The van der Waals surface area contributed by atoms with Crippen LogP contribution in [0.1, 0.15) is 39.0 Å². The van der Waals surface area contributed by atoms with Gasteiger partial charge in [-0.25, -0.2) is 4.79 Å². The van der Waals surface area contributed by atoms with E-state index in [0.717, 1.165) is 22.5 Å². The third kappa shape index (κ3) is 2.78. The molecule has 0 aliphatic carbocycles. The molecule has 0 saturated heterocycles. The smallest absolute Gasteiger partial charge is 0.354 e. The Kier molecular flexibility index (Phi) is 4.06. The minimum atomic E-state index is -1.19. The number of hydrogen-bond acceptors (Lipinski definition) is 4. The Balaban J connectivity index is 2.12. The van der Waals surface area contributed by atoms with Crippen LogP contribution >= 0.6 is 0 Å². The molecule has 0 unspecified atom stereocenters. The third-order valence-corrected chi connectivity index (χ3v) is 3.33. The zero-order chi connectivity index (χ0) is 15.6. The summed E-state index contributed by atoms with van der Waals surface area (Å²) in [6, 6.07) is 0. The average Bonchev–Trinajstić information content (AvgIpc) is 2.99. The summed E-state index contributed by atoms with van der Waals surface area (Å²) in [5, 5.41) is 19.8. The lowest BCUT2D eigenvalue weighted by atomic mass is 10.2. The van der Waals surface area contributed by atoms with Gasteiger partial charge in [-0.3, -0.25) is 14.2 Å². The van der Waals surface area contributed by atoms with Crippen molar-refractivity contribution in [2.24, 2.45) is 7.05 Å². The van der Waals surface area contributed by atoms with Crippen molar-refractivity contribution in [3.63, 3.8) is 0 Å². The van der Waals surface area contributed by atoms with Crippen LogP contribution in [0.15, 0.2) is 12.4 Å². The van der Waals surface area contributed by atoms with Gasteiger partial charge in [-0.1, -0.05) is 0 Å². The molecular formula is C13H17N5O3. The molecular weight excluding hydrogens is 274 g/mol. The number of nitrogens with zero attached hydrogens (tertiary/aromatic N) is 4. The number of rotatable bonds is 5. The van der Waals surface area contributed by atoms with Gasteiger partial charge in [-0.15, -0.1) is 0 Å². The summed E-state index contributed by atoms with van der Waals surface area (Å²) in [6.07, 6.45) is 2.95. The average molecular weight is 291 g/mol. The molecule has 112 valence electrons. The van der Waals surface area contributed by atoms with E-state index in [0.29, 0.717) is 6.54 Å². The van der Waals surface area contributed by atoms with Crippen LogP contribution in [0.2, 0.25) is 0 Å². The predicted molar refractivity (Wildman–Crippen MR) is 74.0 cm³/mol. The molecule has 0 aromatic carbocycles. The molecule has 0 spiro atoms. The standard InChI is InChI=1S/C13H17N5O3/c1-4-18-8(2)9(6-16-18)5-14-12(19)10-7-15-17(3)11(10)13(20)21/h6-7H,4-5H2,1-3H3,(H,14,19)(H,20,21). The number of carboxylic acids is 1. The number of carbonyl (C=O) groups excluding carboxylic acids is 1. The summed E-state index contributed by atoms with van der Waals surface area (Å²) in [5.41, 5.74) is 1.78. The SMILES string of the molecule is CCn1ncc(CNC(=O)c2cnn(C)c2C(=O)O)c1C. The highest BCUT2D eigenvalue weighted by Gasteiger charge is 2.21. The van der Waals surface area contributed by atoms with Gasteiger partial charge in [-0.05, 0) is 13.8 Å². The highest BCUT2D eigenvalue weighted by molar-refractivity contribution is 6.03. The second kappa shape index (κ2) is 5.78. The van der Waals surface area contributed by atoms with Gasteiger partial charge >= 0.3 is 5.97 Å². The van der Waals surface area contributed by atoms with Crippen molar-refractivity contribution in [3.8, 4) is 0 Å². The molecule has 2 heterocycles. The molecule has 2 aromatic rings. The Morgan fingerprint density at radius 3 is 2.62 bits per heavy atom. The fraction of sp³-hybridized carbons (Fsp3) is 0.385. The second-order valence-corrected chi connectivity index (χ2v) is 4.59. The van der Waals surface area contributed by atoms with Gasteiger partial charge in [0.2, 0.25) is 0 Å². The summed E-state index contributed by atoms with van der Waals surface area (Å²) >= 11 is 0. The van der Waals surface area contributed by atoms with Crippen molar-refractivity contribution < 1.29 is 14.7 Å². The Hall–Kier alpha value is -2.64. The molecule has 8 heteroatoms. The Bertz CT molecular complexity index is 686. The molecule has 21 heavy (non-hydrogen) atoms. The molecule has 0 fully saturated rings. The molecule has 2 N–H and O–H groups in total. The normalized spacial score (nSPS) is 10.6. The lowest BCUT2D eigenvalue weighted by Crippen LogP contribution is -2.25. The first kappa shape index (κ1) is 14.8. The van der Waals surface area contributed by atoms with Gasteiger partial charge < -0.3 is 10.4 Å². The number of carbonyl (C=O) groups is 2. The minimum Gasteiger partial charge on any atom is -0.477 e. The number of carboxylic acid groups (broad SMARTS) is 1.